The summed E-state index contributed by atoms with van der Waals surface area (Å²) in [6.45, 7) is -0.790. The Hall–Kier alpha value is -4.60. The Kier molecular flexibility index (Phi) is 8.23. The van der Waals surface area contributed by atoms with E-state index in [0.29, 0.717) is 13.1 Å². The molecule has 0 radical (unpaired) electrons. The Morgan fingerprint density at radius 3 is 2.49 bits per heavy atom. The number of alkyl halides is 3. The molecule has 0 saturated carbocycles. The van der Waals surface area contributed by atoms with Crippen LogP contribution in [0.1, 0.15) is 0 Å². The zero-order valence-electron chi connectivity index (χ0n) is 22.3. The molecule has 0 aliphatic heterocycles. The number of benzene rings is 2. The SMILES string of the molecule is CN(C)CCN(C)c1cc(OCC(F)(F)F)c(Nc2nccc(-c3nc4cc(F)cc(F)c4n3C)n2)cc1[N+](=O)[O-]. The van der Waals surface area contributed by atoms with Crippen molar-refractivity contribution in [1.82, 2.24) is 24.4 Å². The van der Waals surface area contributed by atoms with E-state index in [1.807, 2.05) is 19.0 Å². The molecule has 11 nitrogen and oxygen atoms in total. The summed E-state index contributed by atoms with van der Waals surface area (Å²) < 4.78 is 73.6. The minimum Gasteiger partial charge on any atom is -0.482 e. The van der Waals surface area contributed by atoms with Crippen LogP contribution < -0.4 is 15.0 Å². The van der Waals surface area contributed by atoms with E-state index in [1.165, 1.54) is 28.8 Å². The van der Waals surface area contributed by atoms with Gasteiger partial charge in [0.2, 0.25) is 5.95 Å². The highest BCUT2D eigenvalue weighted by Gasteiger charge is 2.30. The second kappa shape index (κ2) is 11.5. The lowest BCUT2D eigenvalue weighted by Gasteiger charge is -2.23. The molecule has 0 aliphatic rings. The molecule has 0 unspecified atom stereocenters. The molecule has 0 aliphatic carbocycles. The third kappa shape index (κ3) is 6.77. The fraction of sp³-hybridized carbons (Fsp3) is 0.320. The zero-order chi connectivity index (χ0) is 30.1. The van der Waals surface area contributed by atoms with Crippen molar-refractivity contribution in [3.63, 3.8) is 0 Å². The monoisotopic (exact) mass is 580 g/mol. The topological polar surface area (TPSA) is 114 Å². The summed E-state index contributed by atoms with van der Waals surface area (Å²) >= 11 is 0. The number of hydrogen-bond donors (Lipinski definition) is 1. The second-order valence-corrected chi connectivity index (χ2v) is 9.36. The molecule has 0 fully saturated rings. The molecule has 0 amide bonds. The summed E-state index contributed by atoms with van der Waals surface area (Å²) in [5.74, 6) is -1.99. The Bertz CT molecular complexity index is 1590. The molecule has 2 heterocycles. The number of nitro groups is 1. The van der Waals surface area contributed by atoms with E-state index in [9.17, 15) is 32.1 Å². The molecule has 2 aromatic heterocycles. The maximum absolute atomic E-state index is 14.4. The van der Waals surface area contributed by atoms with Crippen LogP contribution in [0.15, 0.2) is 36.5 Å². The third-order valence-corrected chi connectivity index (χ3v) is 5.98. The van der Waals surface area contributed by atoms with Crippen molar-refractivity contribution < 1.29 is 31.6 Å². The lowest BCUT2D eigenvalue weighted by molar-refractivity contribution is -0.384. The highest BCUT2D eigenvalue weighted by molar-refractivity contribution is 5.81. The average molecular weight is 581 g/mol. The third-order valence-electron chi connectivity index (χ3n) is 5.98. The lowest BCUT2D eigenvalue weighted by atomic mass is 10.2. The normalized spacial score (nSPS) is 11.8. The van der Waals surface area contributed by atoms with Gasteiger partial charge in [0.25, 0.3) is 5.69 Å². The molecule has 2 aromatic carbocycles. The van der Waals surface area contributed by atoms with Crippen LogP contribution in [0.25, 0.3) is 22.6 Å². The molecule has 0 atom stereocenters. The molecule has 0 bridgehead atoms. The number of nitro benzene ring substituents is 1. The van der Waals surface area contributed by atoms with Crippen molar-refractivity contribution in [2.45, 2.75) is 6.18 Å². The number of rotatable bonds is 10. The number of likely N-dealkylation sites (N-methyl/N-ethyl adjacent to an activating group) is 2. The first-order valence-electron chi connectivity index (χ1n) is 12.0. The van der Waals surface area contributed by atoms with Crippen LogP contribution in [0.3, 0.4) is 0 Å². The molecular weight excluding hydrogens is 555 g/mol. The molecule has 1 N–H and O–H groups in total. The van der Waals surface area contributed by atoms with Gasteiger partial charge >= 0.3 is 6.18 Å². The Labute approximate surface area is 230 Å². The number of nitrogens with one attached hydrogen (secondary N) is 1. The van der Waals surface area contributed by atoms with Gasteiger partial charge in [-0.1, -0.05) is 0 Å². The van der Waals surface area contributed by atoms with E-state index in [2.05, 4.69) is 20.3 Å². The van der Waals surface area contributed by atoms with E-state index >= 15 is 0 Å². The summed E-state index contributed by atoms with van der Waals surface area (Å²) in [6, 6.07) is 5.40. The van der Waals surface area contributed by atoms with E-state index in [1.54, 1.807) is 7.05 Å². The summed E-state index contributed by atoms with van der Waals surface area (Å²) in [5.41, 5.74) is -0.308. The van der Waals surface area contributed by atoms with Gasteiger partial charge in [-0.2, -0.15) is 13.2 Å². The van der Waals surface area contributed by atoms with Gasteiger partial charge in [-0.05, 0) is 20.2 Å². The van der Waals surface area contributed by atoms with Gasteiger partial charge in [-0.15, -0.1) is 0 Å². The first kappa shape index (κ1) is 29.4. The van der Waals surface area contributed by atoms with Crippen molar-refractivity contribution >= 4 is 34.0 Å². The van der Waals surface area contributed by atoms with E-state index in [4.69, 9.17) is 4.74 Å². The number of ether oxygens (including phenoxy) is 1. The quantitative estimate of drug-likeness (QED) is 0.159. The number of aryl methyl sites for hydroxylation is 1. The van der Waals surface area contributed by atoms with Crippen LogP contribution >= 0.6 is 0 Å². The molecule has 16 heteroatoms. The van der Waals surface area contributed by atoms with Gasteiger partial charge in [0.05, 0.1) is 16.1 Å². The van der Waals surface area contributed by atoms with E-state index in [0.717, 1.165) is 24.3 Å². The molecule has 218 valence electrons. The second-order valence-electron chi connectivity index (χ2n) is 9.36. The maximum atomic E-state index is 14.4. The van der Waals surface area contributed by atoms with Crippen molar-refractivity contribution in [2.24, 2.45) is 7.05 Å². The van der Waals surface area contributed by atoms with Crippen LogP contribution in [0, 0.1) is 21.7 Å². The predicted molar refractivity (Wildman–Crippen MR) is 141 cm³/mol. The van der Waals surface area contributed by atoms with Gasteiger partial charge in [-0.25, -0.2) is 23.7 Å². The van der Waals surface area contributed by atoms with Crippen molar-refractivity contribution in [3.05, 3.63) is 58.3 Å². The Morgan fingerprint density at radius 1 is 1.10 bits per heavy atom. The molecular formula is C25H25F5N8O3. The minimum absolute atomic E-state index is 0.0296. The number of nitrogens with zero attached hydrogens (tertiary/aromatic N) is 7. The summed E-state index contributed by atoms with van der Waals surface area (Å²) in [6.07, 6.45) is -3.38. The van der Waals surface area contributed by atoms with Crippen LogP contribution in [-0.2, 0) is 7.05 Å². The fourth-order valence-corrected chi connectivity index (χ4v) is 4.01. The summed E-state index contributed by atoms with van der Waals surface area (Å²) in [4.78, 5) is 27.2. The zero-order valence-corrected chi connectivity index (χ0v) is 22.3. The number of aromatic nitrogens is 4. The van der Waals surface area contributed by atoms with Gasteiger partial charge in [0.15, 0.2) is 18.2 Å². The highest BCUT2D eigenvalue weighted by atomic mass is 19.4. The number of imidazole rings is 1. The number of anilines is 3. The number of fused-ring (bicyclic) bond motifs is 1. The predicted octanol–water partition coefficient (Wildman–Crippen LogP) is 4.90. The maximum Gasteiger partial charge on any atom is 0.422 e. The molecule has 41 heavy (non-hydrogen) atoms. The highest BCUT2D eigenvalue weighted by Crippen LogP contribution is 2.40. The standard InChI is InChI=1S/C25H25F5N8O3/c1-35(2)7-8-36(3)19-12-21(41-13-25(28,29)30)17(11-20(19)38(39)40)34-24-31-6-5-16(33-24)23-32-18-10-14(26)9-15(27)22(18)37(23)4/h5-6,9-12H,7-8,13H2,1-4H3,(H,31,33,34). The van der Waals surface area contributed by atoms with E-state index in [-0.39, 0.29) is 45.6 Å². The molecule has 4 aromatic rings. The average Bonchev–Trinajstić information content (AvgIpc) is 3.21. The van der Waals surface area contributed by atoms with Crippen LogP contribution in [-0.4, -0.2) is 76.4 Å². The van der Waals surface area contributed by atoms with Crippen LogP contribution in [0.5, 0.6) is 5.75 Å². The molecule has 0 spiro atoms. The first-order chi connectivity index (χ1) is 19.2. The largest absolute Gasteiger partial charge is 0.482 e. The van der Waals surface area contributed by atoms with Gasteiger partial charge in [0.1, 0.15) is 28.5 Å². The van der Waals surface area contributed by atoms with Gasteiger partial charge in [0, 0.05) is 57.6 Å². The van der Waals surface area contributed by atoms with Gasteiger partial charge < -0.3 is 24.4 Å². The van der Waals surface area contributed by atoms with Crippen molar-refractivity contribution in [2.75, 3.05) is 51.1 Å². The number of halogens is 5. The van der Waals surface area contributed by atoms with Crippen molar-refractivity contribution in [3.8, 4) is 17.3 Å². The molecule has 0 saturated heterocycles. The van der Waals surface area contributed by atoms with E-state index < -0.39 is 35.0 Å². The Morgan fingerprint density at radius 2 is 1.83 bits per heavy atom. The first-order valence-corrected chi connectivity index (χ1v) is 12.0. The summed E-state index contributed by atoms with van der Waals surface area (Å²) in [5, 5.41) is 14.6. The lowest BCUT2D eigenvalue weighted by Crippen LogP contribution is -2.29. The minimum atomic E-state index is -4.68. The van der Waals surface area contributed by atoms with Gasteiger partial charge in [-0.3, -0.25) is 10.1 Å². The summed E-state index contributed by atoms with van der Waals surface area (Å²) in [7, 11) is 6.69. The Balaban J connectivity index is 1.75. The number of hydrogen-bond acceptors (Lipinski definition) is 9. The fourth-order valence-electron chi connectivity index (χ4n) is 4.01. The van der Waals surface area contributed by atoms with Crippen LogP contribution in [0.4, 0.5) is 45.0 Å². The van der Waals surface area contributed by atoms with Crippen molar-refractivity contribution in [1.29, 1.82) is 0 Å². The molecule has 4 rings (SSSR count). The van der Waals surface area contributed by atoms with Crippen LogP contribution in [0.2, 0.25) is 0 Å². The smallest absolute Gasteiger partial charge is 0.422 e.